The summed E-state index contributed by atoms with van der Waals surface area (Å²) in [6, 6.07) is 7.70. The minimum atomic E-state index is -0.0196. The molecule has 1 aromatic heterocycles. The molecule has 138 valence electrons. The van der Waals surface area contributed by atoms with Gasteiger partial charge in [-0.1, -0.05) is 12.1 Å². The molecule has 1 fully saturated rings. The number of benzene rings is 1. The number of nitrogens with zero attached hydrogens (tertiary/aromatic N) is 4. The quantitative estimate of drug-likeness (QED) is 0.781. The summed E-state index contributed by atoms with van der Waals surface area (Å²) in [4.78, 5) is 28.3. The van der Waals surface area contributed by atoms with Gasteiger partial charge >= 0.3 is 0 Å². The lowest BCUT2D eigenvalue weighted by molar-refractivity contribution is -0.145. The molecule has 2 aromatic rings. The van der Waals surface area contributed by atoms with Crippen molar-refractivity contribution in [1.82, 2.24) is 19.6 Å². The number of rotatable bonds is 6. The van der Waals surface area contributed by atoms with Gasteiger partial charge in [0, 0.05) is 39.3 Å². The van der Waals surface area contributed by atoms with Crippen molar-refractivity contribution < 1.29 is 14.3 Å². The van der Waals surface area contributed by atoms with Gasteiger partial charge in [-0.3, -0.25) is 14.3 Å². The number of hydrogen-bond donors (Lipinski definition) is 0. The topological polar surface area (TPSA) is 67.7 Å². The zero-order chi connectivity index (χ0) is 18.5. The normalized spacial score (nSPS) is 14.6. The summed E-state index contributed by atoms with van der Waals surface area (Å²) in [5.41, 5.74) is 2.05. The number of carbonyl (C=O) groups is 2. The largest absolute Gasteiger partial charge is 0.497 e. The molecule has 0 bridgehead atoms. The molecule has 2 amide bonds. The molecule has 0 atom stereocenters. The average Bonchev–Trinajstić information content (AvgIpc) is 3.07. The maximum absolute atomic E-state index is 12.4. The third-order valence-electron chi connectivity index (χ3n) is 4.56. The summed E-state index contributed by atoms with van der Waals surface area (Å²) >= 11 is 0. The maximum atomic E-state index is 12.4. The highest BCUT2D eigenvalue weighted by Crippen LogP contribution is 2.16. The number of aryl methyl sites for hydroxylation is 2. The van der Waals surface area contributed by atoms with E-state index in [1.54, 1.807) is 27.8 Å². The minimum absolute atomic E-state index is 0.0169. The lowest BCUT2D eigenvalue weighted by atomic mass is 10.1. The Balaban J connectivity index is 1.51. The highest BCUT2D eigenvalue weighted by molar-refractivity contribution is 5.86. The summed E-state index contributed by atoms with van der Waals surface area (Å²) in [5, 5.41) is 4.10. The van der Waals surface area contributed by atoms with E-state index in [1.165, 1.54) is 0 Å². The van der Waals surface area contributed by atoms with E-state index in [9.17, 15) is 9.59 Å². The van der Waals surface area contributed by atoms with Crippen LogP contribution in [0.25, 0.3) is 0 Å². The Morgan fingerprint density at radius 1 is 1.27 bits per heavy atom. The first-order valence-corrected chi connectivity index (χ1v) is 8.71. The fourth-order valence-electron chi connectivity index (χ4n) is 3.09. The number of aromatic nitrogens is 2. The zero-order valence-corrected chi connectivity index (χ0v) is 15.2. The molecule has 0 spiro atoms. The Labute approximate surface area is 153 Å². The number of piperazine rings is 1. The summed E-state index contributed by atoms with van der Waals surface area (Å²) in [6.07, 6.45) is 4.72. The highest BCUT2D eigenvalue weighted by Gasteiger charge is 2.26. The van der Waals surface area contributed by atoms with Crippen molar-refractivity contribution in [3.05, 3.63) is 47.8 Å². The second-order valence-corrected chi connectivity index (χ2v) is 6.50. The summed E-state index contributed by atoms with van der Waals surface area (Å²) in [7, 11) is 3.48. The smallest absolute Gasteiger partial charge is 0.242 e. The molecular formula is C19H24N4O3. The van der Waals surface area contributed by atoms with Gasteiger partial charge in [-0.25, -0.2) is 0 Å². The molecule has 0 radical (unpaired) electrons. The standard InChI is InChI=1S/C19H24N4O3/c1-21-12-16(11-20-21)6-7-18(24)23-9-8-22(19(25)14-23)13-15-4-3-5-17(10-15)26-2/h3-5,10-12H,6-9,13-14H2,1-2H3. The average molecular weight is 356 g/mol. The third kappa shape index (κ3) is 4.41. The summed E-state index contributed by atoms with van der Waals surface area (Å²) in [6.45, 7) is 1.81. The highest BCUT2D eigenvalue weighted by atomic mass is 16.5. The summed E-state index contributed by atoms with van der Waals surface area (Å²) in [5.74, 6) is 0.774. The molecule has 3 rings (SSSR count). The van der Waals surface area contributed by atoms with Crippen LogP contribution in [0.2, 0.25) is 0 Å². The van der Waals surface area contributed by atoms with Crippen LogP contribution in [-0.2, 0) is 29.6 Å². The monoisotopic (exact) mass is 356 g/mol. The second-order valence-electron chi connectivity index (χ2n) is 6.50. The number of methoxy groups -OCH3 is 1. The first kappa shape index (κ1) is 18.0. The second kappa shape index (κ2) is 8.03. The molecule has 0 aliphatic carbocycles. The molecule has 7 heteroatoms. The van der Waals surface area contributed by atoms with Crippen LogP contribution in [0.3, 0.4) is 0 Å². The molecule has 1 aromatic carbocycles. The molecule has 26 heavy (non-hydrogen) atoms. The summed E-state index contributed by atoms with van der Waals surface area (Å²) < 4.78 is 6.94. The van der Waals surface area contributed by atoms with E-state index in [0.717, 1.165) is 16.9 Å². The maximum Gasteiger partial charge on any atom is 0.242 e. The van der Waals surface area contributed by atoms with Crippen LogP contribution < -0.4 is 4.74 Å². The van der Waals surface area contributed by atoms with Gasteiger partial charge in [-0.15, -0.1) is 0 Å². The Morgan fingerprint density at radius 3 is 2.81 bits per heavy atom. The van der Waals surface area contributed by atoms with E-state index in [2.05, 4.69) is 5.10 Å². The van der Waals surface area contributed by atoms with Gasteiger partial charge < -0.3 is 14.5 Å². The van der Waals surface area contributed by atoms with E-state index in [-0.39, 0.29) is 18.4 Å². The SMILES string of the molecule is COc1cccc(CN2CCN(C(=O)CCc3cnn(C)c3)CC2=O)c1. The van der Waals surface area contributed by atoms with Crippen molar-refractivity contribution in [2.75, 3.05) is 26.7 Å². The molecular weight excluding hydrogens is 332 g/mol. The lowest BCUT2D eigenvalue weighted by Gasteiger charge is -2.34. The van der Waals surface area contributed by atoms with E-state index in [1.807, 2.05) is 37.5 Å². The molecule has 1 saturated heterocycles. The van der Waals surface area contributed by atoms with Gasteiger partial charge in [-0.2, -0.15) is 5.10 Å². The zero-order valence-electron chi connectivity index (χ0n) is 15.2. The first-order valence-electron chi connectivity index (χ1n) is 8.71. The van der Waals surface area contributed by atoms with Crippen molar-refractivity contribution in [2.45, 2.75) is 19.4 Å². The van der Waals surface area contributed by atoms with Crippen LogP contribution >= 0.6 is 0 Å². The van der Waals surface area contributed by atoms with E-state index < -0.39 is 0 Å². The van der Waals surface area contributed by atoms with Crippen molar-refractivity contribution >= 4 is 11.8 Å². The Bertz CT molecular complexity index is 787. The van der Waals surface area contributed by atoms with E-state index in [4.69, 9.17) is 4.74 Å². The van der Waals surface area contributed by atoms with Crippen molar-refractivity contribution in [2.24, 2.45) is 7.05 Å². The van der Waals surface area contributed by atoms with Crippen molar-refractivity contribution in [3.8, 4) is 5.75 Å². The number of amides is 2. The van der Waals surface area contributed by atoms with Crippen LogP contribution in [0.4, 0.5) is 0 Å². The first-order chi connectivity index (χ1) is 12.5. The van der Waals surface area contributed by atoms with Crippen LogP contribution in [0.1, 0.15) is 17.5 Å². The number of carbonyl (C=O) groups excluding carboxylic acids is 2. The Hall–Kier alpha value is -2.83. The minimum Gasteiger partial charge on any atom is -0.497 e. The van der Waals surface area contributed by atoms with Crippen molar-refractivity contribution in [1.29, 1.82) is 0 Å². The number of ether oxygens (including phenoxy) is 1. The van der Waals surface area contributed by atoms with Crippen LogP contribution in [0.15, 0.2) is 36.7 Å². The molecule has 1 aliphatic heterocycles. The van der Waals surface area contributed by atoms with Gasteiger partial charge in [0.05, 0.1) is 19.9 Å². The van der Waals surface area contributed by atoms with E-state index in [0.29, 0.717) is 32.5 Å². The lowest BCUT2D eigenvalue weighted by Crippen LogP contribution is -2.51. The Kier molecular flexibility index (Phi) is 5.55. The molecule has 7 nitrogen and oxygen atoms in total. The van der Waals surface area contributed by atoms with Crippen LogP contribution in [0.5, 0.6) is 5.75 Å². The van der Waals surface area contributed by atoms with Gasteiger partial charge in [0.1, 0.15) is 5.75 Å². The fourth-order valence-corrected chi connectivity index (χ4v) is 3.09. The predicted molar refractivity (Wildman–Crippen MR) is 96.5 cm³/mol. The van der Waals surface area contributed by atoms with Gasteiger partial charge in [0.15, 0.2) is 0 Å². The van der Waals surface area contributed by atoms with E-state index >= 15 is 0 Å². The van der Waals surface area contributed by atoms with Gasteiger partial charge in [-0.05, 0) is 29.7 Å². The van der Waals surface area contributed by atoms with Crippen LogP contribution in [0, 0.1) is 0 Å². The third-order valence-corrected chi connectivity index (χ3v) is 4.56. The van der Waals surface area contributed by atoms with Gasteiger partial charge in [0.25, 0.3) is 0 Å². The van der Waals surface area contributed by atoms with Gasteiger partial charge in [0.2, 0.25) is 11.8 Å². The van der Waals surface area contributed by atoms with Crippen LogP contribution in [-0.4, -0.2) is 58.1 Å². The molecule has 2 heterocycles. The van der Waals surface area contributed by atoms with Crippen molar-refractivity contribution in [3.63, 3.8) is 0 Å². The fraction of sp³-hybridized carbons (Fsp3) is 0.421. The molecule has 1 aliphatic rings. The molecule has 0 N–H and O–H groups in total. The molecule has 0 unspecified atom stereocenters. The molecule has 0 saturated carbocycles. The Morgan fingerprint density at radius 2 is 2.12 bits per heavy atom. The number of hydrogen-bond acceptors (Lipinski definition) is 4. The predicted octanol–water partition coefficient (Wildman–Crippen LogP) is 1.23.